The Morgan fingerprint density at radius 1 is 1.03 bits per heavy atom. The van der Waals surface area contributed by atoms with Crippen molar-refractivity contribution in [2.45, 2.75) is 50.6 Å². The molecule has 7 heteroatoms. The fraction of sp³-hybridized carbons (Fsp3) is 0.458. The molecule has 1 saturated heterocycles. The number of benzene rings is 2. The van der Waals surface area contributed by atoms with Gasteiger partial charge in [0.2, 0.25) is 15.9 Å². The molecule has 168 valence electrons. The van der Waals surface area contributed by atoms with Gasteiger partial charge in [0.25, 0.3) is 0 Å². The zero-order valence-corrected chi connectivity index (χ0v) is 19.2. The molecule has 0 atom stereocenters. The van der Waals surface area contributed by atoms with Crippen molar-refractivity contribution in [2.75, 3.05) is 20.1 Å². The van der Waals surface area contributed by atoms with Crippen molar-refractivity contribution in [1.29, 1.82) is 0 Å². The quantitative estimate of drug-likeness (QED) is 0.624. The smallest absolute Gasteiger partial charge is 0.240 e. The number of aryl methyl sites for hydroxylation is 1. The van der Waals surface area contributed by atoms with Crippen LogP contribution in [0.1, 0.15) is 42.9 Å². The summed E-state index contributed by atoms with van der Waals surface area (Å²) in [6.07, 6.45) is 3.44. The Kier molecular flexibility index (Phi) is 8.23. The molecule has 2 N–H and O–H groups in total. The lowest BCUT2D eigenvalue weighted by Crippen LogP contribution is -2.33. The maximum atomic E-state index is 12.4. The standard InChI is InChI=1S/C24H33N3O3S/c1-19-13-15-27(16-14-19)18-22-6-4-3-5-21(22)17-26-24(28)12-9-20-7-10-23(11-8-20)31(29,30)25-2/h3-8,10-11,19,25H,9,12-18H2,1-2H3,(H,26,28). The minimum Gasteiger partial charge on any atom is -0.352 e. The van der Waals surface area contributed by atoms with Crippen molar-refractivity contribution in [1.82, 2.24) is 14.9 Å². The Morgan fingerprint density at radius 2 is 1.68 bits per heavy atom. The van der Waals surface area contributed by atoms with Gasteiger partial charge in [0, 0.05) is 19.5 Å². The summed E-state index contributed by atoms with van der Waals surface area (Å²) in [7, 11) is -2.05. The highest BCUT2D eigenvalue weighted by Gasteiger charge is 2.17. The van der Waals surface area contributed by atoms with Crippen LogP contribution >= 0.6 is 0 Å². The van der Waals surface area contributed by atoms with Crippen molar-refractivity contribution in [3.8, 4) is 0 Å². The van der Waals surface area contributed by atoms with Crippen LogP contribution in [0.5, 0.6) is 0 Å². The summed E-state index contributed by atoms with van der Waals surface area (Å²) in [4.78, 5) is 15.1. The zero-order chi connectivity index (χ0) is 22.3. The molecule has 0 aliphatic carbocycles. The van der Waals surface area contributed by atoms with Gasteiger partial charge in [-0.1, -0.05) is 43.3 Å². The lowest BCUT2D eigenvalue weighted by Gasteiger charge is -2.30. The average Bonchev–Trinajstić information content (AvgIpc) is 2.79. The molecule has 0 spiro atoms. The summed E-state index contributed by atoms with van der Waals surface area (Å²) in [6.45, 7) is 6.05. The SMILES string of the molecule is CNS(=O)(=O)c1ccc(CCC(=O)NCc2ccccc2CN2CCC(C)CC2)cc1. The van der Waals surface area contributed by atoms with Crippen molar-refractivity contribution >= 4 is 15.9 Å². The van der Waals surface area contributed by atoms with Gasteiger partial charge in [-0.05, 0) is 74.1 Å². The van der Waals surface area contributed by atoms with E-state index in [1.807, 2.05) is 6.07 Å². The monoisotopic (exact) mass is 443 g/mol. The van der Waals surface area contributed by atoms with Crippen LogP contribution in [-0.2, 0) is 34.3 Å². The van der Waals surface area contributed by atoms with Gasteiger partial charge in [-0.15, -0.1) is 0 Å². The highest BCUT2D eigenvalue weighted by Crippen LogP contribution is 2.20. The maximum Gasteiger partial charge on any atom is 0.240 e. The predicted molar refractivity (Wildman–Crippen MR) is 123 cm³/mol. The lowest BCUT2D eigenvalue weighted by molar-refractivity contribution is -0.121. The van der Waals surface area contributed by atoms with Crippen LogP contribution in [0.3, 0.4) is 0 Å². The third-order valence-corrected chi connectivity index (χ3v) is 7.44. The number of rotatable bonds is 9. The van der Waals surface area contributed by atoms with Crippen LogP contribution in [0.4, 0.5) is 0 Å². The fourth-order valence-corrected chi connectivity index (χ4v) is 4.57. The minimum absolute atomic E-state index is 0.00600. The van der Waals surface area contributed by atoms with Gasteiger partial charge in [0.15, 0.2) is 0 Å². The third kappa shape index (κ3) is 6.89. The van der Waals surface area contributed by atoms with E-state index >= 15 is 0 Å². The minimum atomic E-state index is -3.44. The molecule has 2 aromatic carbocycles. The summed E-state index contributed by atoms with van der Waals surface area (Å²) in [5, 5.41) is 3.04. The molecule has 1 aliphatic heterocycles. The summed E-state index contributed by atoms with van der Waals surface area (Å²) < 4.78 is 25.9. The molecule has 1 amide bonds. The Morgan fingerprint density at radius 3 is 2.32 bits per heavy atom. The molecule has 1 aliphatic rings. The number of nitrogens with one attached hydrogen (secondary N) is 2. The number of piperidine rings is 1. The van der Waals surface area contributed by atoms with E-state index in [1.165, 1.54) is 25.5 Å². The maximum absolute atomic E-state index is 12.4. The van der Waals surface area contributed by atoms with Crippen molar-refractivity contribution in [3.05, 3.63) is 65.2 Å². The number of hydrogen-bond donors (Lipinski definition) is 2. The lowest BCUT2D eigenvalue weighted by atomic mass is 9.98. The Hall–Kier alpha value is -2.22. The molecule has 31 heavy (non-hydrogen) atoms. The molecule has 0 saturated carbocycles. The first kappa shape index (κ1) is 23.4. The van der Waals surface area contributed by atoms with Gasteiger partial charge >= 0.3 is 0 Å². The molecule has 6 nitrogen and oxygen atoms in total. The van der Waals surface area contributed by atoms with E-state index in [9.17, 15) is 13.2 Å². The summed E-state index contributed by atoms with van der Waals surface area (Å²) in [6, 6.07) is 15.0. The second-order valence-electron chi connectivity index (χ2n) is 8.36. The normalized spacial score (nSPS) is 15.7. The van der Waals surface area contributed by atoms with Gasteiger partial charge in [0.05, 0.1) is 4.90 Å². The number of likely N-dealkylation sites (tertiary alicyclic amines) is 1. The van der Waals surface area contributed by atoms with E-state index in [4.69, 9.17) is 0 Å². The molecule has 2 aromatic rings. The second-order valence-corrected chi connectivity index (χ2v) is 10.2. The van der Waals surface area contributed by atoms with Crippen molar-refractivity contribution in [3.63, 3.8) is 0 Å². The summed E-state index contributed by atoms with van der Waals surface area (Å²) >= 11 is 0. The average molecular weight is 444 g/mol. The topological polar surface area (TPSA) is 78.5 Å². The molecular formula is C24H33N3O3S. The molecule has 0 aromatic heterocycles. The van der Waals surface area contributed by atoms with Crippen LogP contribution in [0.2, 0.25) is 0 Å². The molecule has 0 unspecified atom stereocenters. The highest BCUT2D eigenvalue weighted by atomic mass is 32.2. The third-order valence-electron chi connectivity index (χ3n) is 6.01. The van der Waals surface area contributed by atoms with Crippen molar-refractivity contribution in [2.24, 2.45) is 5.92 Å². The molecule has 1 heterocycles. The zero-order valence-electron chi connectivity index (χ0n) is 18.4. The number of carbonyl (C=O) groups excluding carboxylic acids is 1. The van der Waals surface area contributed by atoms with Gasteiger partial charge in [-0.3, -0.25) is 9.69 Å². The van der Waals surface area contributed by atoms with Crippen LogP contribution in [-0.4, -0.2) is 39.4 Å². The number of sulfonamides is 1. The van der Waals surface area contributed by atoms with Crippen molar-refractivity contribution < 1.29 is 13.2 Å². The summed E-state index contributed by atoms with van der Waals surface area (Å²) in [5.74, 6) is 0.809. The predicted octanol–water partition coefficient (Wildman–Crippen LogP) is 3.08. The Labute approximate surface area is 186 Å². The first-order valence-electron chi connectivity index (χ1n) is 11.0. The van der Waals surface area contributed by atoms with Gasteiger partial charge in [0.1, 0.15) is 0 Å². The summed E-state index contributed by atoms with van der Waals surface area (Å²) in [5.41, 5.74) is 3.37. The van der Waals surface area contributed by atoms with E-state index in [0.29, 0.717) is 19.4 Å². The number of amides is 1. The van der Waals surface area contributed by atoms with Gasteiger partial charge in [-0.25, -0.2) is 13.1 Å². The molecule has 0 bridgehead atoms. The highest BCUT2D eigenvalue weighted by molar-refractivity contribution is 7.89. The molecule has 0 radical (unpaired) electrons. The number of hydrogen-bond acceptors (Lipinski definition) is 4. The fourth-order valence-electron chi connectivity index (χ4n) is 3.84. The van der Waals surface area contributed by atoms with Crippen LogP contribution in [0, 0.1) is 5.92 Å². The first-order valence-corrected chi connectivity index (χ1v) is 12.4. The molecule has 3 rings (SSSR count). The van der Waals surface area contributed by atoms with E-state index in [1.54, 1.807) is 24.3 Å². The van der Waals surface area contributed by atoms with Gasteiger partial charge in [-0.2, -0.15) is 0 Å². The number of carbonyl (C=O) groups is 1. The first-order chi connectivity index (χ1) is 14.9. The van der Waals surface area contributed by atoms with Crippen LogP contribution in [0.15, 0.2) is 53.4 Å². The Balaban J connectivity index is 1.49. The van der Waals surface area contributed by atoms with Crippen LogP contribution < -0.4 is 10.0 Å². The van der Waals surface area contributed by atoms with E-state index in [2.05, 4.69) is 40.1 Å². The molecule has 1 fully saturated rings. The van der Waals surface area contributed by atoms with Gasteiger partial charge < -0.3 is 5.32 Å². The largest absolute Gasteiger partial charge is 0.352 e. The van der Waals surface area contributed by atoms with E-state index in [0.717, 1.165) is 36.7 Å². The number of nitrogens with zero attached hydrogens (tertiary/aromatic N) is 1. The van der Waals surface area contributed by atoms with E-state index < -0.39 is 10.0 Å². The second kappa shape index (κ2) is 10.9. The van der Waals surface area contributed by atoms with E-state index in [-0.39, 0.29) is 10.8 Å². The Bertz CT molecular complexity index is 966. The van der Waals surface area contributed by atoms with Crippen LogP contribution in [0.25, 0.3) is 0 Å². The molecular weight excluding hydrogens is 410 g/mol.